The molecule has 0 N–H and O–H groups in total. The van der Waals surface area contributed by atoms with E-state index in [1.54, 1.807) is 0 Å². The molecule has 3 rings (SSSR count). The van der Waals surface area contributed by atoms with E-state index in [1.807, 2.05) is 25.1 Å². The smallest absolute Gasteiger partial charge is 0.162 e. The van der Waals surface area contributed by atoms with Gasteiger partial charge in [0.25, 0.3) is 0 Å². The molecule has 1 aromatic rings. The Bertz CT molecular complexity index is 657. The zero-order valence-corrected chi connectivity index (χ0v) is 12.5. The van der Waals surface area contributed by atoms with E-state index in [0.29, 0.717) is 19.3 Å². The summed E-state index contributed by atoms with van der Waals surface area (Å²) in [5, 5.41) is 0. The van der Waals surface area contributed by atoms with Crippen LogP contribution in [-0.4, -0.2) is 17.7 Å². The summed E-state index contributed by atoms with van der Waals surface area (Å²) in [6, 6.07) is 5.98. The molecule has 114 valence electrons. The number of hydrogen-bond donors (Lipinski definition) is 0. The van der Waals surface area contributed by atoms with Gasteiger partial charge in [0.2, 0.25) is 0 Å². The summed E-state index contributed by atoms with van der Waals surface area (Å²) < 4.78 is 11.1. The maximum absolute atomic E-state index is 11.6. The van der Waals surface area contributed by atoms with Gasteiger partial charge in [-0.05, 0) is 23.6 Å². The average Bonchev–Trinajstić information content (AvgIpc) is 2.49. The fourth-order valence-electron chi connectivity index (χ4n) is 2.90. The topological polar surface area (TPSA) is 52.6 Å². The van der Waals surface area contributed by atoms with E-state index < -0.39 is 0 Å². The molecule has 4 heteroatoms. The summed E-state index contributed by atoms with van der Waals surface area (Å²) in [7, 11) is 0. The van der Waals surface area contributed by atoms with Crippen molar-refractivity contribution in [3.63, 3.8) is 0 Å². The van der Waals surface area contributed by atoms with Crippen LogP contribution in [0.5, 0.6) is 0 Å². The monoisotopic (exact) mass is 298 g/mol. The largest absolute Gasteiger partial charge is 0.497 e. The lowest BCUT2D eigenvalue weighted by atomic mass is 9.91. The Labute approximate surface area is 129 Å². The molecule has 1 aromatic carbocycles. The Morgan fingerprint density at radius 1 is 1.05 bits per heavy atom. The van der Waals surface area contributed by atoms with Crippen LogP contribution in [0.15, 0.2) is 42.9 Å². The summed E-state index contributed by atoms with van der Waals surface area (Å²) >= 11 is 0. The Kier molecular flexibility index (Phi) is 4.09. The number of hydrogen-bond acceptors (Lipinski definition) is 4. The van der Waals surface area contributed by atoms with Gasteiger partial charge >= 0.3 is 0 Å². The van der Waals surface area contributed by atoms with E-state index in [0.717, 1.165) is 16.7 Å². The molecule has 2 heterocycles. The first-order valence-electron chi connectivity index (χ1n) is 7.41. The highest BCUT2D eigenvalue weighted by Gasteiger charge is 2.23. The van der Waals surface area contributed by atoms with Gasteiger partial charge in [0.15, 0.2) is 11.6 Å². The van der Waals surface area contributed by atoms with Crippen molar-refractivity contribution in [2.24, 2.45) is 0 Å². The van der Waals surface area contributed by atoms with Crippen LogP contribution in [0.4, 0.5) is 0 Å². The average molecular weight is 298 g/mol. The van der Waals surface area contributed by atoms with Gasteiger partial charge < -0.3 is 9.47 Å². The first-order chi connectivity index (χ1) is 10.6. The van der Waals surface area contributed by atoms with Crippen molar-refractivity contribution >= 4 is 11.6 Å². The number of rotatable bonds is 3. The van der Waals surface area contributed by atoms with Crippen molar-refractivity contribution in [3.05, 3.63) is 59.6 Å². The lowest BCUT2D eigenvalue weighted by molar-refractivity contribution is -0.119. The molecule has 4 nitrogen and oxygen atoms in total. The third-order valence-corrected chi connectivity index (χ3v) is 4.12. The number of allylic oxidation sites excluding steroid dienone is 2. The van der Waals surface area contributed by atoms with Crippen LogP contribution in [0.2, 0.25) is 0 Å². The predicted molar refractivity (Wildman–Crippen MR) is 81.1 cm³/mol. The van der Waals surface area contributed by atoms with E-state index in [2.05, 4.69) is 0 Å². The van der Waals surface area contributed by atoms with E-state index in [4.69, 9.17) is 9.47 Å². The SMILES string of the molecule is Cc1c(CC2CC(=O)C=CO2)cccc1C1CC(=O)C=CO1. The summed E-state index contributed by atoms with van der Waals surface area (Å²) in [6.07, 6.45) is 6.96. The second-order valence-electron chi connectivity index (χ2n) is 5.66. The van der Waals surface area contributed by atoms with Crippen LogP contribution < -0.4 is 0 Å². The van der Waals surface area contributed by atoms with Gasteiger partial charge in [0, 0.05) is 25.0 Å². The van der Waals surface area contributed by atoms with Gasteiger partial charge in [-0.2, -0.15) is 0 Å². The molecule has 2 aliphatic rings. The molecule has 2 unspecified atom stereocenters. The lowest BCUT2D eigenvalue weighted by Crippen LogP contribution is -2.22. The van der Waals surface area contributed by atoms with E-state index in [1.165, 1.54) is 24.7 Å². The van der Waals surface area contributed by atoms with E-state index in [-0.39, 0.29) is 23.8 Å². The third kappa shape index (κ3) is 3.11. The Hall–Kier alpha value is -2.36. The molecule has 0 radical (unpaired) electrons. The number of carbonyl (C=O) groups excluding carboxylic acids is 2. The van der Waals surface area contributed by atoms with Crippen LogP contribution in [0, 0.1) is 6.92 Å². The highest BCUT2D eigenvalue weighted by atomic mass is 16.5. The molecule has 2 aliphatic heterocycles. The third-order valence-electron chi connectivity index (χ3n) is 4.12. The fraction of sp³-hybridized carbons (Fsp3) is 0.333. The van der Waals surface area contributed by atoms with Crippen molar-refractivity contribution in [2.75, 3.05) is 0 Å². The second-order valence-corrected chi connectivity index (χ2v) is 5.66. The first-order valence-corrected chi connectivity index (χ1v) is 7.41. The number of ether oxygens (including phenoxy) is 2. The van der Waals surface area contributed by atoms with Crippen LogP contribution >= 0.6 is 0 Å². The predicted octanol–water partition coefficient (Wildman–Crippen LogP) is 2.95. The molecule has 0 bridgehead atoms. The minimum absolute atomic E-state index is 0.0763. The minimum atomic E-state index is -0.230. The molecule has 0 saturated heterocycles. The molecule has 22 heavy (non-hydrogen) atoms. The highest BCUT2D eigenvalue weighted by Crippen LogP contribution is 2.30. The first kappa shape index (κ1) is 14.6. The van der Waals surface area contributed by atoms with Gasteiger partial charge in [-0.1, -0.05) is 18.2 Å². The summed E-state index contributed by atoms with van der Waals surface area (Å²) in [5.74, 6) is 0.170. The molecule has 0 saturated carbocycles. The zero-order chi connectivity index (χ0) is 15.5. The molecule has 0 spiro atoms. The summed E-state index contributed by atoms with van der Waals surface area (Å²) in [5.41, 5.74) is 3.24. The zero-order valence-electron chi connectivity index (χ0n) is 12.5. The van der Waals surface area contributed by atoms with Crippen LogP contribution in [0.1, 0.15) is 35.6 Å². The van der Waals surface area contributed by atoms with Gasteiger partial charge in [-0.3, -0.25) is 9.59 Å². The molecule has 0 fully saturated rings. The normalized spacial score (nSPS) is 24.0. The molecule has 0 amide bonds. The van der Waals surface area contributed by atoms with Crippen molar-refractivity contribution in [1.82, 2.24) is 0 Å². The lowest BCUT2D eigenvalue weighted by Gasteiger charge is -2.24. The Morgan fingerprint density at radius 2 is 1.77 bits per heavy atom. The maximum Gasteiger partial charge on any atom is 0.162 e. The number of ketones is 2. The summed E-state index contributed by atoms with van der Waals surface area (Å²) in [4.78, 5) is 23.0. The standard InChI is InChI=1S/C18H18O4/c1-12-13(9-16-10-14(19)5-7-21-16)3-2-4-17(12)18-11-15(20)6-8-22-18/h2-8,16,18H,9-11H2,1H3. The van der Waals surface area contributed by atoms with Crippen molar-refractivity contribution in [3.8, 4) is 0 Å². The van der Waals surface area contributed by atoms with Crippen LogP contribution in [-0.2, 0) is 25.5 Å². The van der Waals surface area contributed by atoms with Crippen molar-refractivity contribution in [2.45, 2.75) is 38.4 Å². The summed E-state index contributed by atoms with van der Waals surface area (Å²) in [6.45, 7) is 2.03. The van der Waals surface area contributed by atoms with E-state index >= 15 is 0 Å². The molecule has 0 aliphatic carbocycles. The molecular weight excluding hydrogens is 280 g/mol. The molecule has 0 aromatic heterocycles. The van der Waals surface area contributed by atoms with Gasteiger partial charge in [0.05, 0.1) is 18.9 Å². The highest BCUT2D eigenvalue weighted by molar-refractivity contribution is 5.90. The van der Waals surface area contributed by atoms with Crippen molar-refractivity contribution < 1.29 is 19.1 Å². The number of carbonyl (C=O) groups is 2. The van der Waals surface area contributed by atoms with Gasteiger partial charge in [-0.15, -0.1) is 0 Å². The maximum atomic E-state index is 11.6. The van der Waals surface area contributed by atoms with Crippen LogP contribution in [0.25, 0.3) is 0 Å². The number of benzene rings is 1. The minimum Gasteiger partial charge on any atom is -0.497 e. The van der Waals surface area contributed by atoms with Gasteiger partial charge in [-0.25, -0.2) is 0 Å². The van der Waals surface area contributed by atoms with Gasteiger partial charge in [0.1, 0.15) is 12.2 Å². The van der Waals surface area contributed by atoms with Crippen LogP contribution in [0.3, 0.4) is 0 Å². The Morgan fingerprint density at radius 3 is 2.50 bits per heavy atom. The van der Waals surface area contributed by atoms with E-state index in [9.17, 15) is 9.59 Å². The fourth-order valence-corrected chi connectivity index (χ4v) is 2.90. The molecular formula is C18H18O4. The van der Waals surface area contributed by atoms with Crippen molar-refractivity contribution in [1.29, 1.82) is 0 Å². The molecule has 2 atom stereocenters. The second kappa shape index (κ2) is 6.18. The quantitative estimate of drug-likeness (QED) is 0.861. The Balaban J connectivity index is 1.80.